The number of anilines is 1. The minimum Gasteiger partial charge on any atom is -0.382 e. The van der Waals surface area contributed by atoms with Gasteiger partial charge in [-0.1, -0.05) is 12.1 Å². The van der Waals surface area contributed by atoms with Crippen molar-refractivity contribution in [2.24, 2.45) is 5.92 Å². The van der Waals surface area contributed by atoms with Gasteiger partial charge in [0.2, 0.25) is 0 Å². The number of hydrogen-bond donors (Lipinski definition) is 1. The molecular weight excluding hydrogens is 248 g/mol. The Hall–Kier alpha value is -1.06. The van der Waals surface area contributed by atoms with Crippen LogP contribution in [0.3, 0.4) is 0 Å². The zero-order chi connectivity index (χ0) is 14.5. The van der Waals surface area contributed by atoms with E-state index in [0.717, 1.165) is 5.92 Å². The maximum absolute atomic E-state index is 5.39. The summed E-state index contributed by atoms with van der Waals surface area (Å²) < 4.78 is 5.39. The van der Waals surface area contributed by atoms with Crippen molar-refractivity contribution in [1.82, 2.24) is 4.90 Å². The summed E-state index contributed by atoms with van der Waals surface area (Å²) >= 11 is 0. The van der Waals surface area contributed by atoms with Crippen molar-refractivity contribution < 1.29 is 4.74 Å². The highest BCUT2D eigenvalue weighted by Gasteiger charge is 2.22. The summed E-state index contributed by atoms with van der Waals surface area (Å²) in [6, 6.07) is 9.11. The summed E-state index contributed by atoms with van der Waals surface area (Å²) in [5.41, 5.74) is 2.44. The molecule has 1 fully saturated rings. The highest BCUT2D eigenvalue weighted by atomic mass is 16.5. The van der Waals surface area contributed by atoms with Gasteiger partial charge in [0.05, 0.1) is 6.10 Å². The maximum atomic E-state index is 5.39. The monoisotopic (exact) mass is 276 g/mol. The van der Waals surface area contributed by atoms with Gasteiger partial charge in [0.1, 0.15) is 0 Å². The summed E-state index contributed by atoms with van der Waals surface area (Å²) in [6.45, 7) is 6.83. The number of hydrogen-bond acceptors (Lipinski definition) is 3. The van der Waals surface area contributed by atoms with E-state index >= 15 is 0 Å². The molecule has 0 unspecified atom stereocenters. The predicted molar refractivity (Wildman–Crippen MR) is 85.2 cm³/mol. The van der Waals surface area contributed by atoms with E-state index in [1.165, 1.54) is 37.2 Å². The van der Waals surface area contributed by atoms with Crippen molar-refractivity contribution in [3.63, 3.8) is 0 Å². The summed E-state index contributed by atoms with van der Waals surface area (Å²) in [6.07, 6.45) is 2.73. The predicted octanol–water partition coefficient (Wildman–Crippen LogP) is 3.54. The zero-order valence-electron chi connectivity index (χ0n) is 13.2. The van der Waals surface area contributed by atoms with Crippen molar-refractivity contribution in [2.75, 3.05) is 32.6 Å². The summed E-state index contributed by atoms with van der Waals surface area (Å²) in [7, 11) is 3.97. The molecule has 2 atom stereocenters. The van der Waals surface area contributed by atoms with Crippen molar-refractivity contribution in [3.05, 3.63) is 29.8 Å². The Kier molecular flexibility index (Phi) is 5.44. The summed E-state index contributed by atoms with van der Waals surface area (Å²) in [5, 5.41) is 3.67. The van der Waals surface area contributed by atoms with Crippen LogP contribution in [0.25, 0.3) is 0 Å². The van der Waals surface area contributed by atoms with Gasteiger partial charge in [-0.25, -0.2) is 0 Å². The molecular formula is C17H28N2O. The molecule has 1 saturated heterocycles. The van der Waals surface area contributed by atoms with Crippen molar-refractivity contribution in [2.45, 2.75) is 38.8 Å². The Morgan fingerprint density at radius 1 is 1.25 bits per heavy atom. The molecule has 0 bridgehead atoms. The molecule has 0 aromatic heterocycles. The quantitative estimate of drug-likeness (QED) is 0.890. The smallest absolute Gasteiger partial charge is 0.0793 e. The molecule has 112 valence electrons. The molecule has 3 nitrogen and oxygen atoms in total. The van der Waals surface area contributed by atoms with Gasteiger partial charge in [0.25, 0.3) is 0 Å². The highest BCUT2D eigenvalue weighted by Crippen LogP contribution is 2.24. The lowest BCUT2D eigenvalue weighted by molar-refractivity contribution is 0.119. The molecule has 20 heavy (non-hydrogen) atoms. The van der Waals surface area contributed by atoms with Gasteiger partial charge in [-0.2, -0.15) is 0 Å². The molecule has 0 spiro atoms. The first-order chi connectivity index (χ1) is 9.60. The highest BCUT2D eigenvalue weighted by molar-refractivity contribution is 5.47. The molecule has 0 saturated carbocycles. The Labute approximate surface area is 123 Å². The topological polar surface area (TPSA) is 24.5 Å². The second-order valence-electron chi connectivity index (χ2n) is 6.08. The third-order valence-electron chi connectivity index (χ3n) is 4.57. The Morgan fingerprint density at radius 2 is 1.95 bits per heavy atom. The fourth-order valence-electron chi connectivity index (χ4n) is 2.93. The number of ether oxygens (including phenoxy) is 1. The van der Waals surface area contributed by atoms with Crippen LogP contribution >= 0.6 is 0 Å². The molecule has 1 aromatic rings. The standard InChI is InChI=1S/C17H28N2O/c1-13(15-8-10-19(3)11-9-15)18-17-7-5-6-16(12-17)14(2)20-4/h5-7,12-15,18H,8-11H2,1-4H3/t13-,14-/m0/s1. The molecule has 0 aliphatic carbocycles. The fraction of sp³-hybridized carbons (Fsp3) is 0.647. The van der Waals surface area contributed by atoms with Crippen molar-refractivity contribution in [1.29, 1.82) is 0 Å². The van der Waals surface area contributed by atoms with Crippen LogP contribution in [0.1, 0.15) is 38.4 Å². The third-order valence-corrected chi connectivity index (χ3v) is 4.57. The van der Waals surface area contributed by atoms with E-state index in [9.17, 15) is 0 Å². The summed E-state index contributed by atoms with van der Waals surface area (Å²) in [4.78, 5) is 2.42. The largest absolute Gasteiger partial charge is 0.382 e. The number of likely N-dealkylation sites (tertiary alicyclic amines) is 1. The van der Waals surface area contributed by atoms with Gasteiger partial charge >= 0.3 is 0 Å². The number of nitrogens with one attached hydrogen (secondary N) is 1. The van der Waals surface area contributed by atoms with E-state index in [-0.39, 0.29) is 6.10 Å². The van der Waals surface area contributed by atoms with Gasteiger partial charge in [0.15, 0.2) is 0 Å². The lowest BCUT2D eigenvalue weighted by atomic mass is 9.90. The van der Waals surface area contributed by atoms with Crippen LogP contribution in [0.2, 0.25) is 0 Å². The molecule has 1 aliphatic rings. The number of piperidine rings is 1. The van der Waals surface area contributed by atoms with Crippen molar-refractivity contribution in [3.8, 4) is 0 Å². The second kappa shape index (κ2) is 7.09. The van der Waals surface area contributed by atoms with Crippen LogP contribution in [0, 0.1) is 5.92 Å². The molecule has 0 radical (unpaired) electrons. The first-order valence-corrected chi connectivity index (χ1v) is 7.68. The first-order valence-electron chi connectivity index (χ1n) is 7.68. The molecule has 1 heterocycles. The molecule has 1 aromatic carbocycles. The lowest BCUT2D eigenvalue weighted by Gasteiger charge is -2.33. The van der Waals surface area contributed by atoms with Gasteiger partial charge in [-0.3, -0.25) is 0 Å². The van der Waals surface area contributed by atoms with Gasteiger partial charge < -0.3 is 15.0 Å². The van der Waals surface area contributed by atoms with E-state index in [1.54, 1.807) is 7.11 Å². The van der Waals surface area contributed by atoms with E-state index < -0.39 is 0 Å². The van der Waals surface area contributed by atoms with Crippen LogP contribution in [0.15, 0.2) is 24.3 Å². The molecule has 0 amide bonds. The van der Waals surface area contributed by atoms with Crippen LogP contribution in [0.4, 0.5) is 5.69 Å². The maximum Gasteiger partial charge on any atom is 0.0793 e. The van der Waals surface area contributed by atoms with E-state index in [0.29, 0.717) is 6.04 Å². The SMILES string of the molecule is CO[C@@H](C)c1cccc(N[C@@H](C)C2CCN(C)CC2)c1. The number of nitrogens with zero attached hydrogens (tertiary/aromatic N) is 1. The van der Waals surface area contributed by atoms with Gasteiger partial charge in [-0.05, 0) is 70.4 Å². The normalized spacial score (nSPS) is 20.6. The Morgan fingerprint density at radius 3 is 2.60 bits per heavy atom. The average molecular weight is 276 g/mol. The summed E-state index contributed by atoms with van der Waals surface area (Å²) in [5.74, 6) is 0.773. The lowest BCUT2D eigenvalue weighted by Crippen LogP contribution is -2.37. The number of methoxy groups -OCH3 is 1. The van der Waals surface area contributed by atoms with Crippen LogP contribution in [0.5, 0.6) is 0 Å². The number of rotatable bonds is 5. The molecule has 1 N–H and O–H groups in total. The van der Waals surface area contributed by atoms with E-state index in [1.807, 2.05) is 0 Å². The minimum atomic E-state index is 0.149. The average Bonchev–Trinajstić information content (AvgIpc) is 2.47. The minimum absolute atomic E-state index is 0.149. The zero-order valence-corrected chi connectivity index (χ0v) is 13.2. The first kappa shape index (κ1) is 15.3. The molecule has 2 rings (SSSR count). The van der Waals surface area contributed by atoms with Crippen LogP contribution in [-0.2, 0) is 4.74 Å². The molecule has 3 heteroatoms. The van der Waals surface area contributed by atoms with E-state index in [4.69, 9.17) is 4.74 Å². The molecule has 1 aliphatic heterocycles. The van der Waals surface area contributed by atoms with Gasteiger partial charge in [0, 0.05) is 18.8 Å². The van der Waals surface area contributed by atoms with E-state index in [2.05, 4.69) is 55.4 Å². The van der Waals surface area contributed by atoms with Crippen LogP contribution in [-0.4, -0.2) is 38.2 Å². The third kappa shape index (κ3) is 3.97. The Bertz CT molecular complexity index is 413. The second-order valence-corrected chi connectivity index (χ2v) is 6.08. The fourth-order valence-corrected chi connectivity index (χ4v) is 2.93. The van der Waals surface area contributed by atoms with Crippen molar-refractivity contribution >= 4 is 5.69 Å². The number of benzene rings is 1. The van der Waals surface area contributed by atoms with Gasteiger partial charge in [-0.15, -0.1) is 0 Å². The van der Waals surface area contributed by atoms with Crippen LogP contribution < -0.4 is 5.32 Å². The Balaban J connectivity index is 1.95.